The van der Waals surface area contributed by atoms with Crippen LogP contribution in [0.3, 0.4) is 0 Å². The molecule has 2 aromatic rings. The number of ether oxygens (including phenoxy) is 1. The van der Waals surface area contributed by atoms with Crippen LogP contribution in [0.25, 0.3) is 0 Å². The van der Waals surface area contributed by atoms with Gasteiger partial charge >= 0.3 is 6.01 Å². The van der Waals surface area contributed by atoms with Crippen LogP contribution in [0, 0.1) is 5.92 Å². The van der Waals surface area contributed by atoms with Crippen molar-refractivity contribution in [3.8, 4) is 6.01 Å². The van der Waals surface area contributed by atoms with Gasteiger partial charge < -0.3 is 9.94 Å². The third-order valence-corrected chi connectivity index (χ3v) is 4.26. The molecule has 0 amide bonds. The second kappa shape index (κ2) is 8.40. The summed E-state index contributed by atoms with van der Waals surface area (Å²) in [6.45, 7) is 3.85. The monoisotopic (exact) mass is 326 g/mol. The summed E-state index contributed by atoms with van der Waals surface area (Å²) in [7, 11) is 0. The number of oxime groups is 1. The van der Waals surface area contributed by atoms with Crippen molar-refractivity contribution in [2.75, 3.05) is 19.7 Å². The highest BCUT2D eigenvalue weighted by Crippen LogP contribution is 2.19. The molecule has 1 N–H and O–H groups in total. The molecule has 0 spiro atoms. The third kappa shape index (κ3) is 4.76. The highest BCUT2D eigenvalue weighted by molar-refractivity contribution is 5.77. The second-order valence-electron chi connectivity index (χ2n) is 6.06. The zero-order chi connectivity index (χ0) is 16.6. The van der Waals surface area contributed by atoms with Gasteiger partial charge in [0.2, 0.25) is 0 Å². The predicted octanol–water partition coefficient (Wildman–Crippen LogP) is 2.58. The largest absolute Gasteiger partial charge is 0.463 e. The topological polar surface area (TPSA) is 70.8 Å². The molecule has 1 aliphatic rings. The van der Waals surface area contributed by atoms with E-state index >= 15 is 0 Å². The second-order valence-corrected chi connectivity index (χ2v) is 6.06. The number of rotatable bonds is 6. The van der Waals surface area contributed by atoms with E-state index in [1.165, 1.54) is 11.8 Å². The number of likely N-dealkylation sites (tertiary alicyclic amines) is 1. The van der Waals surface area contributed by atoms with E-state index < -0.39 is 0 Å². The van der Waals surface area contributed by atoms with Gasteiger partial charge in [0.15, 0.2) is 0 Å². The van der Waals surface area contributed by atoms with E-state index in [9.17, 15) is 0 Å². The molecule has 0 radical (unpaired) electrons. The minimum atomic E-state index is 0.372. The van der Waals surface area contributed by atoms with Gasteiger partial charge in [-0.25, -0.2) is 9.97 Å². The lowest BCUT2D eigenvalue weighted by molar-refractivity contribution is 0.132. The molecule has 6 heteroatoms. The Morgan fingerprint density at radius 2 is 1.88 bits per heavy atom. The molecule has 1 aliphatic heterocycles. The Balaban J connectivity index is 1.40. The quantitative estimate of drug-likeness (QED) is 0.502. The van der Waals surface area contributed by atoms with Crippen molar-refractivity contribution in [3.63, 3.8) is 0 Å². The first-order valence-electron chi connectivity index (χ1n) is 8.22. The molecule has 6 nitrogen and oxygen atoms in total. The molecule has 1 aromatic carbocycles. The van der Waals surface area contributed by atoms with Crippen LogP contribution in [0.1, 0.15) is 24.0 Å². The van der Waals surface area contributed by atoms with Gasteiger partial charge in [-0.1, -0.05) is 35.5 Å². The Morgan fingerprint density at radius 3 is 2.54 bits per heavy atom. The zero-order valence-corrected chi connectivity index (χ0v) is 13.6. The van der Waals surface area contributed by atoms with Crippen LogP contribution in [-0.4, -0.2) is 46.0 Å². The van der Waals surface area contributed by atoms with E-state index in [1.54, 1.807) is 12.4 Å². The SMILES string of the molecule is O/N=C/c1cnc(OCC2CCN(Cc3ccccc3)CC2)nc1. The number of hydrogen-bond acceptors (Lipinski definition) is 6. The summed E-state index contributed by atoms with van der Waals surface area (Å²) in [5.74, 6) is 0.541. The zero-order valence-electron chi connectivity index (χ0n) is 13.6. The molecular weight excluding hydrogens is 304 g/mol. The van der Waals surface area contributed by atoms with Gasteiger partial charge in [-0.3, -0.25) is 4.90 Å². The summed E-state index contributed by atoms with van der Waals surface area (Å²) < 4.78 is 5.68. The predicted molar refractivity (Wildman–Crippen MR) is 91.4 cm³/mol. The van der Waals surface area contributed by atoms with E-state index in [2.05, 4.69) is 50.4 Å². The molecule has 0 unspecified atom stereocenters. The summed E-state index contributed by atoms with van der Waals surface area (Å²) >= 11 is 0. The molecule has 0 saturated carbocycles. The third-order valence-electron chi connectivity index (χ3n) is 4.26. The fourth-order valence-electron chi connectivity index (χ4n) is 2.88. The fourth-order valence-corrected chi connectivity index (χ4v) is 2.88. The van der Waals surface area contributed by atoms with Gasteiger partial charge in [-0.05, 0) is 37.4 Å². The van der Waals surface area contributed by atoms with E-state index in [0.29, 0.717) is 24.1 Å². The summed E-state index contributed by atoms with van der Waals surface area (Å²) in [6.07, 6.45) is 6.69. The average molecular weight is 326 g/mol. The van der Waals surface area contributed by atoms with Gasteiger partial charge in [0.05, 0.1) is 12.8 Å². The maximum Gasteiger partial charge on any atom is 0.316 e. The van der Waals surface area contributed by atoms with E-state index in [-0.39, 0.29) is 0 Å². The van der Waals surface area contributed by atoms with Crippen molar-refractivity contribution in [1.29, 1.82) is 0 Å². The lowest BCUT2D eigenvalue weighted by Gasteiger charge is -2.31. The first-order valence-corrected chi connectivity index (χ1v) is 8.22. The number of piperidine rings is 1. The standard InChI is InChI=1S/C18H22N4O2/c23-21-12-17-10-19-18(20-11-17)24-14-16-6-8-22(9-7-16)13-15-4-2-1-3-5-15/h1-5,10-12,16,23H,6-9,13-14H2/b21-12+. The van der Waals surface area contributed by atoms with Crippen LogP contribution >= 0.6 is 0 Å². The molecular formula is C18H22N4O2. The molecule has 0 bridgehead atoms. The Morgan fingerprint density at radius 1 is 1.17 bits per heavy atom. The maximum absolute atomic E-state index is 8.46. The Hall–Kier alpha value is -2.47. The van der Waals surface area contributed by atoms with E-state index in [0.717, 1.165) is 32.5 Å². The first kappa shape index (κ1) is 16.4. The summed E-state index contributed by atoms with van der Waals surface area (Å²) in [5.41, 5.74) is 2.01. The number of nitrogens with zero attached hydrogens (tertiary/aromatic N) is 4. The number of hydrogen-bond donors (Lipinski definition) is 1. The van der Waals surface area contributed by atoms with Crippen LogP contribution in [0.2, 0.25) is 0 Å². The molecule has 1 saturated heterocycles. The van der Waals surface area contributed by atoms with E-state index in [1.807, 2.05) is 0 Å². The minimum absolute atomic E-state index is 0.372. The first-order chi connectivity index (χ1) is 11.8. The Bertz CT molecular complexity index is 638. The van der Waals surface area contributed by atoms with Crippen molar-refractivity contribution in [2.45, 2.75) is 19.4 Å². The summed E-state index contributed by atoms with van der Waals surface area (Å²) in [4.78, 5) is 10.7. The van der Waals surface area contributed by atoms with Crippen LogP contribution in [0.4, 0.5) is 0 Å². The van der Waals surface area contributed by atoms with Gasteiger partial charge in [-0.15, -0.1) is 0 Å². The van der Waals surface area contributed by atoms with Crippen molar-refractivity contribution >= 4 is 6.21 Å². The lowest BCUT2D eigenvalue weighted by Crippen LogP contribution is -2.35. The van der Waals surface area contributed by atoms with Crippen molar-refractivity contribution in [2.24, 2.45) is 11.1 Å². The highest BCUT2D eigenvalue weighted by Gasteiger charge is 2.20. The average Bonchev–Trinajstić information content (AvgIpc) is 2.63. The van der Waals surface area contributed by atoms with Gasteiger partial charge in [0.25, 0.3) is 0 Å². The molecule has 1 fully saturated rings. The molecule has 0 aliphatic carbocycles. The molecule has 3 rings (SSSR count). The normalized spacial score (nSPS) is 16.5. The highest BCUT2D eigenvalue weighted by atomic mass is 16.5. The minimum Gasteiger partial charge on any atom is -0.463 e. The lowest BCUT2D eigenvalue weighted by atomic mass is 9.97. The Kier molecular flexibility index (Phi) is 5.74. The van der Waals surface area contributed by atoms with Crippen molar-refractivity contribution in [1.82, 2.24) is 14.9 Å². The summed E-state index contributed by atoms with van der Waals surface area (Å²) in [6, 6.07) is 11.0. The fraction of sp³-hybridized carbons (Fsp3) is 0.389. The Labute approximate surface area is 141 Å². The van der Waals surface area contributed by atoms with Crippen LogP contribution in [0.5, 0.6) is 6.01 Å². The van der Waals surface area contributed by atoms with Crippen molar-refractivity contribution < 1.29 is 9.94 Å². The molecule has 126 valence electrons. The van der Waals surface area contributed by atoms with Gasteiger partial charge in [-0.2, -0.15) is 0 Å². The molecule has 2 heterocycles. The maximum atomic E-state index is 8.46. The number of benzene rings is 1. The van der Waals surface area contributed by atoms with Crippen LogP contribution < -0.4 is 4.74 Å². The summed E-state index contributed by atoms with van der Waals surface area (Å²) in [5, 5.41) is 11.4. The smallest absolute Gasteiger partial charge is 0.316 e. The van der Waals surface area contributed by atoms with Gasteiger partial charge in [0, 0.05) is 24.5 Å². The molecule has 1 aromatic heterocycles. The van der Waals surface area contributed by atoms with E-state index in [4.69, 9.17) is 9.94 Å². The van der Waals surface area contributed by atoms with Crippen LogP contribution in [-0.2, 0) is 6.54 Å². The molecule has 24 heavy (non-hydrogen) atoms. The molecule has 0 atom stereocenters. The van der Waals surface area contributed by atoms with Gasteiger partial charge in [0.1, 0.15) is 0 Å². The number of aromatic nitrogens is 2. The van der Waals surface area contributed by atoms with Crippen LogP contribution in [0.15, 0.2) is 47.9 Å². The van der Waals surface area contributed by atoms with Crippen molar-refractivity contribution in [3.05, 3.63) is 53.9 Å².